The molecule has 2 N–H and O–H groups in total. The minimum atomic E-state index is 0.151. The number of benzene rings is 1. The van der Waals surface area contributed by atoms with Crippen molar-refractivity contribution >= 4 is 15.9 Å². The normalized spacial score (nSPS) is 12.5. The van der Waals surface area contributed by atoms with E-state index in [4.69, 9.17) is 9.84 Å². The number of nitrogens with one attached hydrogen (secondary N) is 1. The predicted molar refractivity (Wildman–Crippen MR) is 68.7 cm³/mol. The lowest BCUT2D eigenvalue weighted by Crippen LogP contribution is -2.31. The van der Waals surface area contributed by atoms with Crippen molar-refractivity contribution in [3.8, 4) is 5.75 Å². The zero-order valence-electron chi connectivity index (χ0n) is 9.66. The maximum atomic E-state index is 9.08. The van der Waals surface area contributed by atoms with E-state index in [2.05, 4.69) is 28.2 Å². The Morgan fingerprint density at radius 1 is 1.50 bits per heavy atom. The highest BCUT2D eigenvalue weighted by Gasteiger charge is 2.06. The van der Waals surface area contributed by atoms with E-state index in [0.29, 0.717) is 0 Å². The average Bonchev–Trinajstić information content (AvgIpc) is 2.32. The van der Waals surface area contributed by atoms with Crippen LogP contribution in [0.1, 0.15) is 18.9 Å². The van der Waals surface area contributed by atoms with Gasteiger partial charge in [-0.1, -0.05) is 22.9 Å². The van der Waals surface area contributed by atoms with Crippen LogP contribution in [0.4, 0.5) is 0 Å². The second-order valence-electron chi connectivity index (χ2n) is 3.63. The Kier molecular flexibility index (Phi) is 5.80. The molecule has 0 unspecified atom stereocenters. The van der Waals surface area contributed by atoms with Crippen LogP contribution in [0.5, 0.6) is 5.75 Å². The van der Waals surface area contributed by atoms with Crippen molar-refractivity contribution in [2.45, 2.75) is 25.9 Å². The molecule has 4 heteroatoms. The van der Waals surface area contributed by atoms with E-state index >= 15 is 0 Å². The molecule has 0 fully saturated rings. The Morgan fingerprint density at radius 3 is 2.81 bits per heavy atom. The van der Waals surface area contributed by atoms with Crippen LogP contribution in [0.2, 0.25) is 0 Å². The lowest BCUT2D eigenvalue weighted by Gasteiger charge is -2.15. The van der Waals surface area contributed by atoms with Crippen LogP contribution in [0.3, 0.4) is 0 Å². The molecule has 0 amide bonds. The van der Waals surface area contributed by atoms with Crippen molar-refractivity contribution < 1.29 is 9.84 Å². The van der Waals surface area contributed by atoms with Crippen LogP contribution in [0.15, 0.2) is 22.7 Å². The summed E-state index contributed by atoms with van der Waals surface area (Å²) in [4.78, 5) is 0. The number of hydrogen-bond donors (Lipinski definition) is 2. The number of methoxy groups -OCH3 is 1. The standard InChI is InChI=1S/C12H18BrNO2/c1-3-10(8-15)14-7-9-6-11(16-2)4-5-12(9)13/h4-6,10,14-15H,3,7-8H2,1-2H3/t10-/m0/s1. The first-order valence-corrected chi connectivity index (χ1v) is 6.17. The maximum Gasteiger partial charge on any atom is 0.119 e. The van der Waals surface area contributed by atoms with E-state index in [9.17, 15) is 0 Å². The van der Waals surface area contributed by atoms with Crippen LogP contribution >= 0.6 is 15.9 Å². The lowest BCUT2D eigenvalue weighted by atomic mass is 10.2. The summed E-state index contributed by atoms with van der Waals surface area (Å²) < 4.78 is 6.22. The highest BCUT2D eigenvalue weighted by atomic mass is 79.9. The number of aliphatic hydroxyl groups excluding tert-OH is 1. The molecule has 0 bridgehead atoms. The monoisotopic (exact) mass is 287 g/mol. The highest BCUT2D eigenvalue weighted by Crippen LogP contribution is 2.22. The molecule has 90 valence electrons. The first kappa shape index (κ1) is 13.5. The summed E-state index contributed by atoms with van der Waals surface area (Å²) in [6, 6.07) is 6.02. The van der Waals surface area contributed by atoms with E-state index in [0.717, 1.165) is 28.8 Å². The molecule has 0 saturated heterocycles. The summed E-state index contributed by atoms with van der Waals surface area (Å²) >= 11 is 3.50. The quantitative estimate of drug-likeness (QED) is 0.844. The third-order valence-corrected chi connectivity index (χ3v) is 3.32. The van der Waals surface area contributed by atoms with Gasteiger partial charge in [0.25, 0.3) is 0 Å². The summed E-state index contributed by atoms with van der Waals surface area (Å²) in [6.07, 6.45) is 0.915. The zero-order chi connectivity index (χ0) is 12.0. The smallest absolute Gasteiger partial charge is 0.119 e. The van der Waals surface area contributed by atoms with Gasteiger partial charge in [0.1, 0.15) is 5.75 Å². The molecule has 0 aromatic heterocycles. The van der Waals surface area contributed by atoms with Gasteiger partial charge in [-0.2, -0.15) is 0 Å². The first-order chi connectivity index (χ1) is 7.71. The average molecular weight is 288 g/mol. The molecule has 0 saturated carbocycles. The van der Waals surface area contributed by atoms with E-state index in [-0.39, 0.29) is 12.6 Å². The van der Waals surface area contributed by atoms with Crippen molar-refractivity contribution in [2.24, 2.45) is 0 Å². The van der Waals surface area contributed by atoms with Crippen LogP contribution in [-0.4, -0.2) is 24.9 Å². The Hall–Kier alpha value is -0.580. The van der Waals surface area contributed by atoms with Crippen LogP contribution in [0.25, 0.3) is 0 Å². The van der Waals surface area contributed by atoms with E-state index < -0.39 is 0 Å². The van der Waals surface area contributed by atoms with Gasteiger partial charge in [-0.05, 0) is 30.2 Å². The molecule has 0 heterocycles. The van der Waals surface area contributed by atoms with Gasteiger partial charge in [0.05, 0.1) is 13.7 Å². The van der Waals surface area contributed by atoms with Crippen molar-refractivity contribution in [2.75, 3.05) is 13.7 Å². The highest BCUT2D eigenvalue weighted by molar-refractivity contribution is 9.10. The van der Waals surface area contributed by atoms with E-state index in [1.165, 1.54) is 0 Å². The van der Waals surface area contributed by atoms with Gasteiger partial charge in [-0.3, -0.25) is 0 Å². The molecule has 3 nitrogen and oxygen atoms in total. The van der Waals surface area contributed by atoms with Crippen molar-refractivity contribution in [1.29, 1.82) is 0 Å². The molecule has 1 aromatic rings. The molecule has 0 radical (unpaired) electrons. The second kappa shape index (κ2) is 6.89. The molecule has 1 rings (SSSR count). The largest absolute Gasteiger partial charge is 0.497 e. The van der Waals surface area contributed by atoms with Gasteiger partial charge >= 0.3 is 0 Å². The van der Waals surface area contributed by atoms with Crippen molar-refractivity contribution in [1.82, 2.24) is 5.32 Å². The van der Waals surface area contributed by atoms with E-state index in [1.807, 2.05) is 18.2 Å². The molecule has 0 aliphatic carbocycles. The van der Waals surface area contributed by atoms with Crippen LogP contribution < -0.4 is 10.1 Å². The number of hydrogen-bond acceptors (Lipinski definition) is 3. The fraction of sp³-hybridized carbons (Fsp3) is 0.500. The van der Waals surface area contributed by atoms with Gasteiger partial charge in [-0.15, -0.1) is 0 Å². The summed E-state index contributed by atoms with van der Waals surface area (Å²) in [7, 11) is 1.66. The molecule has 1 atom stereocenters. The summed E-state index contributed by atoms with van der Waals surface area (Å²) in [6.45, 7) is 2.93. The van der Waals surface area contributed by atoms with Crippen molar-refractivity contribution in [3.63, 3.8) is 0 Å². The summed E-state index contributed by atoms with van der Waals surface area (Å²) in [5, 5.41) is 12.4. The Balaban J connectivity index is 2.65. The van der Waals surface area contributed by atoms with Gasteiger partial charge in [-0.25, -0.2) is 0 Å². The minimum absolute atomic E-state index is 0.151. The number of rotatable bonds is 6. The lowest BCUT2D eigenvalue weighted by molar-refractivity contribution is 0.238. The number of aliphatic hydroxyl groups is 1. The maximum absolute atomic E-state index is 9.08. The topological polar surface area (TPSA) is 41.5 Å². The molecular formula is C12H18BrNO2. The second-order valence-corrected chi connectivity index (χ2v) is 4.48. The predicted octanol–water partition coefficient (Wildman–Crippen LogP) is 2.32. The fourth-order valence-corrected chi connectivity index (χ4v) is 1.79. The van der Waals surface area contributed by atoms with Crippen LogP contribution in [0, 0.1) is 0 Å². The van der Waals surface area contributed by atoms with Crippen LogP contribution in [-0.2, 0) is 6.54 Å². The molecule has 16 heavy (non-hydrogen) atoms. The third-order valence-electron chi connectivity index (χ3n) is 2.55. The van der Waals surface area contributed by atoms with Crippen molar-refractivity contribution in [3.05, 3.63) is 28.2 Å². The molecule has 0 aliphatic heterocycles. The number of ether oxygens (including phenoxy) is 1. The molecular weight excluding hydrogens is 270 g/mol. The Bertz CT molecular complexity index is 327. The molecule has 0 aliphatic rings. The Labute approximate surface area is 105 Å². The SMILES string of the molecule is CC[C@@H](CO)NCc1cc(OC)ccc1Br. The van der Waals surface area contributed by atoms with Gasteiger partial charge in [0, 0.05) is 17.1 Å². The minimum Gasteiger partial charge on any atom is -0.497 e. The zero-order valence-corrected chi connectivity index (χ0v) is 11.3. The third kappa shape index (κ3) is 3.77. The Morgan fingerprint density at radius 2 is 2.25 bits per heavy atom. The number of halogens is 1. The fourth-order valence-electron chi connectivity index (χ4n) is 1.41. The van der Waals surface area contributed by atoms with E-state index in [1.54, 1.807) is 7.11 Å². The summed E-state index contributed by atoms with van der Waals surface area (Å²) in [5.74, 6) is 0.844. The molecule has 1 aromatic carbocycles. The van der Waals surface area contributed by atoms with Gasteiger partial charge < -0.3 is 15.2 Å². The summed E-state index contributed by atoms with van der Waals surface area (Å²) in [5.41, 5.74) is 1.13. The van der Waals surface area contributed by atoms with Gasteiger partial charge in [0.15, 0.2) is 0 Å². The molecule has 0 spiro atoms. The van der Waals surface area contributed by atoms with Gasteiger partial charge in [0.2, 0.25) is 0 Å². The first-order valence-electron chi connectivity index (χ1n) is 5.38.